The number of aliphatic hydroxyl groups is 2. The van der Waals surface area contributed by atoms with Crippen molar-refractivity contribution in [2.75, 3.05) is 19.8 Å². The van der Waals surface area contributed by atoms with Gasteiger partial charge in [-0.1, -0.05) is 42.5 Å². The van der Waals surface area contributed by atoms with E-state index in [1.807, 2.05) is 30.3 Å². The van der Waals surface area contributed by atoms with E-state index in [0.717, 1.165) is 11.1 Å². The zero-order chi connectivity index (χ0) is 50.5. The van der Waals surface area contributed by atoms with Crippen molar-refractivity contribution in [3.63, 3.8) is 0 Å². The molecular weight excluding hydrogens is 860 g/mol. The third-order valence-corrected chi connectivity index (χ3v) is 6.57. The zero-order valence-corrected chi connectivity index (χ0v) is 34.1. The van der Waals surface area contributed by atoms with E-state index in [2.05, 4.69) is 21.4 Å². The number of aromatic nitrogens is 2. The van der Waals surface area contributed by atoms with Gasteiger partial charge in [0.25, 0.3) is 0 Å². The van der Waals surface area contributed by atoms with Crippen molar-refractivity contribution in [1.82, 2.24) is 9.97 Å². The van der Waals surface area contributed by atoms with Crippen LogP contribution in [0.4, 0.5) is 0 Å². The van der Waals surface area contributed by atoms with Gasteiger partial charge >= 0.3 is 41.8 Å². The largest absolute Gasteiger partial charge is 0.508 e. The lowest BCUT2D eigenvalue weighted by Crippen LogP contribution is -2.34. The number of aromatic amines is 1. The minimum absolute atomic E-state index is 0.160. The molecule has 6 atom stereocenters. The molecule has 0 saturated heterocycles. The van der Waals surface area contributed by atoms with E-state index in [4.69, 9.17) is 85.5 Å². The first-order valence-corrected chi connectivity index (χ1v) is 17.8. The van der Waals surface area contributed by atoms with Crippen LogP contribution in [0.3, 0.4) is 0 Å². The topological polar surface area (TPSA) is 576 Å². The van der Waals surface area contributed by atoms with E-state index in [9.17, 15) is 38.4 Å². The Hall–Kier alpha value is -7.15. The van der Waals surface area contributed by atoms with Crippen LogP contribution in [0.5, 0.6) is 5.75 Å². The van der Waals surface area contributed by atoms with Crippen molar-refractivity contribution < 1.29 is 89.4 Å². The molecular formula is C36H58N10O18. The number of phenolic OH excluding ortho intramolecular Hbond substituents is 1. The number of amides is 1. The maximum absolute atomic E-state index is 10.4. The number of phenols is 1. The first-order chi connectivity index (χ1) is 29.7. The molecule has 0 unspecified atom stereocenters. The number of carboxylic acid groups (broad SMARTS) is 7. The number of aliphatic hydroxyl groups excluding tert-OH is 2. The summed E-state index contributed by atoms with van der Waals surface area (Å²) in [4.78, 5) is 86.0. The number of rotatable bonds is 17. The fourth-order valence-electron chi connectivity index (χ4n) is 3.10. The SMILES string of the molecule is NC(=O)C[C@H](N)C(=O)O.NCC(=O)O.N[C@@H](CO)C(=O)O.N[C@@H](CO)C(=O)O.N[C@@H](Cc1c[nH]cn1)C(=O)O.N[C@@H](Cc1ccc(O)cc1)C(=O)O.N[C@@H](Cc1ccccc1)C(=O)O. The number of aromatic hydroxyl groups is 1. The fourth-order valence-corrected chi connectivity index (χ4v) is 3.10. The number of benzene rings is 2. The Morgan fingerprint density at radius 2 is 0.875 bits per heavy atom. The van der Waals surface area contributed by atoms with Crippen LogP contribution in [-0.2, 0) is 57.6 Å². The Kier molecular flexibility index (Phi) is 37.3. The van der Waals surface area contributed by atoms with Gasteiger partial charge in [0.1, 0.15) is 42.0 Å². The first kappa shape index (κ1) is 63.5. The van der Waals surface area contributed by atoms with Crippen LogP contribution in [-0.4, -0.2) is 165 Å². The predicted molar refractivity (Wildman–Crippen MR) is 223 cm³/mol. The number of H-pyrrole nitrogens is 1. The Morgan fingerprint density at radius 3 is 1.12 bits per heavy atom. The van der Waals surface area contributed by atoms with Crippen LogP contribution in [0, 0.1) is 0 Å². The van der Waals surface area contributed by atoms with Crippen molar-refractivity contribution >= 4 is 47.7 Å². The highest BCUT2D eigenvalue weighted by Crippen LogP contribution is 2.10. The highest BCUT2D eigenvalue weighted by Gasteiger charge is 2.15. The molecule has 64 heavy (non-hydrogen) atoms. The number of aliphatic carboxylic acids is 7. The maximum atomic E-state index is 10.4. The summed E-state index contributed by atoms with van der Waals surface area (Å²) in [5.41, 5.74) is 42.0. The molecule has 0 bridgehead atoms. The smallest absolute Gasteiger partial charge is 0.322 e. The summed E-state index contributed by atoms with van der Waals surface area (Å²) in [6.45, 7) is -1.29. The Bertz CT molecular complexity index is 1770. The van der Waals surface area contributed by atoms with E-state index >= 15 is 0 Å². The second kappa shape index (κ2) is 37.6. The first-order valence-electron chi connectivity index (χ1n) is 17.8. The Balaban J connectivity index is -0.000000335. The number of nitrogens with zero attached hydrogens (tertiary/aromatic N) is 1. The van der Waals surface area contributed by atoms with E-state index in [0.29, 0.717) is 12.1 Å². The van der Waals surface area contributed by atoms with Crippen LogP contribution in [0.1, 0.15) is 23.2 Å². The molecule has 0 aliphatic heterocycles. The summed E-state index contributed by atoms with van der Waals surface area (Å²) in [6.07, 6.45) is 3.73. The molecule has 27 N–H and O–H groups in total. The Labute approximate surface area is 364 Å². The number of carbonyl (C=O) groups is 8. The molecule has 0 aliphatic carbocycles. The van der Waals surface area contributed by atoms with E-state index in [-0.39, 0.29) is 31.6 Å². The summed E-state index contributed by atoms with van der Waals surface area (Å²) in [5, 5.41) is 81.9. The molecule has 2 aromatic carbocycles. The highest BCUT2D eigenvalue weighted by atomic mass is 16.4. The third kappa shape index (κ3) is 39.0. The quantitative estimate of drug-likeness (QED) is 0.0600. The average molecular weight is 919 g/mol. The molecule has 1 heterocycles. The molecule has 360 valence electrons. The third-order valence-electron chi connectivity index (χ3n) is 6.57. The standard InChI is InChI=1S/C9H11NO3.C9H11NO2.C6H9N3O2.C4H8N2O3.2C3H7NO3.C2H5NO2/c10-8(9(12)13)5-6-1-3-7(11)4-2-6;10-8(9(11)12)6-7-4-2-1-3-5-7;7-5(6(10)11)1-4-2-8-3-9-4;5-2(4(8)9)1-3(6)7;2*4-2(1-5)3(6)7;3-1-2(4)5/h1-4,8,11H,5,10H2,(H,12,13);1-5,8H,6,10H2,(H,11,12);2-3,5H,1,7H2,(H,8,9)(H,10,11);2H,1,5H2,(H2,6,7)(H,8,9);2*2,5H,1,4H2,(H,6,7);1,3H2,(H,4,5)/t2*8-;5-;3*2-;/m000000./s1. The molecule has 1 aromatic heterocycles. The van der Waals surface area contributed by atoms with Crippen molar-refractivity contribution in [2.45, 2.75) is 61.9 Å². The molecule has 0 radical (unpaired) electrons. The minimum atomic E-state index is -1.21. The number of nitrogens with one attached hydrogen (secondary N) is 1. The van der Waals surface area contributed by atoms with E-state index in [1.54, 1.807) is 18.3 Å². The lowest BCUT2D eigenvalue weighted by Gasteiger charge is -2.05. The lowest BCUT2D eigenvalue weighted by molar-refractivity contribution is -0.140. The normalized spacial score (nSPS) is 12.3. The van der Waals surface area contributed by atoms with E-state index < -0.39 is 97.2 Å². The van der Waals surface area contributed by atoms with Gasteiger partial charge < -0.3 is 102 Å². The Morgan fingerprint density at radius 1 is 0.531 bits per heavy atom. The van der Waals surface area contributed by atoms with Gasteiger partial charge in [0.15, 0.2) is 0 Å². The molecule has 0 saturated carbocycles. The van der Waals surface area contributed by atoms with Gasteiger partial charge in [-0.15, -0.1) is 0 Å². The number of carboxylic acids is 7. The van der Waals surface area contributed by atoms with Crippen molar-refractivity contribution in [1.29, 1.82) is 0 Å². The van der Waals surface area contributed by atoms with Gasteiger partial charge in [0, 0.05) is 12.6 Å². The number of hydrogen-bond donors (Lipinski definition) is 19. The molecule has 0 spiro atoms. The number of imidazole rings is 1. The maximum Gasteiger partial charge on any atom is 0.322 e. The molecule has 0 fully saturated rings. The molecule has 3 aromatic rings. The summed E-state index contributed by atoms with van der Waals surface area (Å²) >= 11 is 0. The number of nitrogens with two attached hydrogens (primary N) is 8. The lowest BCUT2D eigenvalue weighted by atomic mass is 10.1. The fraction of sp³-hybridized carbons (Fsp3) is 0.361. The second-order valence-corrected chi connectivity index (χ2v) is 12.1. The van der Waals surface area contributed by atoms with Crippen LogP contribution >= 0.6 is 0 Å². The minimum Gasteiger partial charge on any atom is -0.508 e. The molecule has 0 aliphatic rings. The van der Waals surface area contributed by atoms with Crippen molar-refractivity contribution in [3.8, 4) is 5.75 Å². The number of carbonyl (C=O) groups excluding carboxylic acids is 1. The second-order valence-electron chi connectivity index (χ2n) is 12.1. The van der Waals surface area contributed by atoms with Crippen LogP contribution < -0.4 is 45.9 Å². The van der Waals surface area contributed by atoms with Crippen molar-refractivity contribution in [2.24, 2.45) is 45.9 Å². The van der Waals surface area contributed by atoms with Gasteiger partial charge in [-0.3, -0.25) is 38.4 Å². The summed E-state index contributed by atoms with van der Waals surface area (Å²) in [6, 6.07) is 9.69. The summed E-state index contributed by atoms with van der Waals surface area (Å²) in [7, 11) is 0. The molecule has 1 amide bonds. The van der Waals surface area contributed by atoms with Crippen LogP contribution in [0.25, 0.3) is 0 Å². The monoisotopic (exact) mass is 918 g/mol. The highest BCUT2D eigenvalue weighted by molar-refractivity contribution is 5.83. The number of primary amides is 1. The van der Waals surface area contributed by atoms with Gasteiger partial charge in [0.05, 0.1) is 38.2 Å². The van der Waals surface area contributed by atoms with Gasteiger partial charge in [-0.2, -0.15) is 0 Å². The van der Waals surface area contributed by atoms with Gasteiger partial charge in [-0.05, 0) is 36.1 Å². The predicted octanol–water partition coefficient (Wildman–Crippen LogP) is -5.56. The summed E-state index contributed by atoms with van der Waals surface area (Å²) < 4.78 is 0. The average Bonchev–Trinajstić information content (AvgIpc) is 3.75. The number of hydrogen-bond acceptors (Lipinski definition) is 19. The molecule has 3 rings (SSSR count). The van der Waals surface area contributed by atoms with Gasteiger partial charge in [0.2, 0.25) is 5.91 Å². The van der Waals surface area contributed by atoms with Crippen LogP contribution in [0.15, 0.2) is 67.1 Å². The van der Waals surface area contributed by atoms with Crippen LogP contribution in [0.2, 0.25) is 0 Å². The van der Waals surface area contributed by atoms with Gasteiger partial charge in [-0.25, -0.2) is 4.98 Å². The summed E-state index contributed by atoms with van der Waals surface area (Å²) in [5.74, 6) is -8.07. The molecule has 28 heteroatoms. The van der Waals surface area contributed by atoms with Crippen molar-refractivity contribution in [3.05, 3.63) is 83.9 Å². The van der Waals surface area contributed by atoms with E-state index in [1.165, 1.54) is 18.5 Å². The molecule has 28 nitrogen and oxygen atoms in total. The zero-order valence-electron chi connectivity index (χ0n) is 34.1.